The Morgan fingerprint density at radius 2 is 2.00 bits per heavy atom. The van der Waals surface area contributed by atoms with Crippen molar-refractivity contribution in [3.63, 3.8) is 0 Å². The number of benzene rings is 2. The summed E-state index contributed by atoms with van der Waals surface area (Å²) in [5.74, 6) is -0.146. The van der Waals surface area contributed by atoms with E-state index < -0.39 is 4.92 Å². The van der Waals surface area contributed by atoms with E-state index in [1.54, 1.807) is 12.1 Å². The lowest BCUT2D eigenvalue weighted by molar-refractivity contribution is -0.384. The molecule has 3 rings (SSSR count). The topological polar surface area (TPSA) is 88.0 Å². The Kier molecular flexibility index (Phi) is 3.09. The Bertz CT molecular complexity index is 941. The number of carbonyl (C=O) groups is 1. The summed E-state index contributed by atoms with van der Waals surface area (Å²) >= 11 is 0. The number of nitrogens with one attached hydrogen (secondary N) is 2. The molecule has 3 aromatic rings. The Morgan fingerprint density at radius 1 is 1.27 bits per heavy atom. The van der Waals surface area contributed by atoms with Crippen LogP contribution >= 0.6 is 0 Å². The summed E-state index contributed by atoms with van der Waals surface area (Å²) in [5, 5.41) is 15.5. The van der Waals surface area contributed by atoms with Crippen molar-refractivity contribution in [3.05, 3.63) is 45.5 Å². The molecular formula is C16H15N3O3. The lowest BCUT2D eigenvalue weighted by Crippen LogP contribution is -2.07. The van der Waals surface area contributed by atoms with Crippen LogP contribution in [0, 0.1) is 24.0 Å². The Hall–Kier alpha value is -2.89. The summed E-state index contributed by atoms with van der Waals surface area (Å²) in [4.78, 5) is 25.2. The molecule has 6 nitrogen and oxygen atoms in total. The molecule has 22 heavy (non-hydrogen) atoms. The van der Waals surface area contributed by atoms with Gasteiger partial charge in [0.2, 0.25) is 5.91 Å². The van der Waals surface area contributed by atoms with Gasteiger partial charge in [0.1, 0.15) is 0 Å². The highest BCUT2D eigenvalue weighted by molar-refractivity contribution is 6.12. The summed E-state index contributed by atoms with van der Waals surface area (Å²) < 4.78 is 0. The summed E-state index contributed by atoms with van der Waals surface area (Å²) in [5.41, 5.74) is 4.42. The molecular weight excluding hydrogens is 282 g/mol. The molecule has 0 saturated carbocycles. The molecule has 0 aliphatic rings. The van der Waals surface area contributed by atoms with Gasteiger partial charge in [0.15, 0.2) is 0 Å². The van der Waals surface area contributed by atoms with Gasteiger partial charge < -0.3 is 10.3 Å². The minimum absolute atomic E-state index is 0.0513. The predicted molar refractivity (Wildman–Crippen MR) is 86.2 cm³/mol. The van der Waals surface area contributed by atoms with Gasteiger partial charge in [0, 0.05) is 46.5 Å². The maximum Gasteiger partial charge on any atom is 0.270 e. The maximum absolute atomic E-state index is 11.3. The number of anilines is 1. The highest BCUT2D eigenvalue weighted by atomic mass is 16.6. The van der Waals surface area contributed by atoms with Crippen molar-refractivity contribution in [2.45, 2.75) is 20.8 Å². The number of aromatic nitrogens is 1. The van der Waals surface area contributed by atoms with Crippen LogP contribution in [0.2, 0.25) is 0 Å². The molecule has 0 saturated heterocycles. The number of H-pyrrole nitrogens is 1. The zero-order chi connectivity index (χ0) is 16.0. The van der Waals surface area contributed by atoms with Crippen molar-refractivity contribution in [2.75, 3.05) is 5.32 Å². The minimum Gasteiger partial charge on any atom is -0.354 e. The SMILES string of the molecule is CC(=O)Nc1cc(C)c2[nH]c3ccc([N+](=O)[O-])cc3c2c1C. The summed E-state index contributed by atoms with van der Waals surface area (Å²) in [6, 6.07) is 6.67. The molecule has 0 radical (unpaired) electrons. The molecule has 1 aromatic heterocycles. The summed E-state index contributed by atoms with van der Waals surface area (Å²) in [6.45, 7) is 5.30. The molecule has 0 unspecified atom stereocenters. The zero-order valence-corrected chi connectivity index (χ0v) is 12.5. The number of hydrogen-bond acceptors (Lipinski definition) is 3. The van der Waals surface area contributed by atoms with Crippen LogP contribution in [0.4, 0.5) is 11.4 Å². The van der Waals surface area contributed by atoms with Gasteiger partial charge in [-0.3, -0.25) is 14.9 Å². The van der Waals surface area contributed by atoms with Crippen molar-refractivity contribution in [2.24, 2.45) is 0 Å². The van der Waals surface area contributed by atoms with E-state index in [4.69, 9.17) is 0 Å². The van der Waals surface area contributed by atoms with Gasteiger partial charge >= 0.3 is 0 Å². The van der Waals surface area contributed by atoms with Gasteiger partial charge in [-0.25, -0.2) is 0 Å². The van der Waals surface area contributed by atoms with Gasteiger partial charge in [0.25, 0.3) is 5.69 Å². The Morgan fingerprint density at radius 3 is 2.64 bits per heavy atom. The van der Waals surface area contributed by atoms with Gasteiger partial charge in [-0.1, -0.05) is 0 Å². The molecule has 2 aromatic carbocycles. The van der Waals surface area contributed by atoms with Gasteiger partial charge in [-0.05, 0) is 37.1 Å². The number of nitrogens with zero attached hydrogens (tertiary/aromatic N) is 1. The van der Waals surface area contributed by atoms with Crippen LogP contribution < -0.4 is 5.32 Å². The van der Waals surface area contributed by atoms with E-state index in [9.17, 15) is 14.9 Å². The normalized spacial score (nSPS) is 11.0. The molecule has 112 valence electrons. The average molecular weight is 297 g/mol. The number of nitro benzene ring substituents is 1. The second kappa shape index (κ2) is 4.84. The minimum atomic E-state index is -0.405. The molecule has 0 bridgehead atoms. The van der Waals surface area contributed by atoms with Crippen molar-refractivity contribution in [1.29, 1.82) is 0 Å². The van der Waals surface area contributed by atoms with Crippen LogP contribution in [0.1, 0.15) is 18.1 Å². The quantitative estimate of drug-likeness (QED) is 0.557. The molecule has 6 heteroatoms. The molecule has 1 amide bonds. The zero-order valence-electron chi connectivity index (χ0n) is 12.5. The second-order valence-electron chi connectivity index (χ2n) is 5.41. The third kappa shape index (κ3) is 2.09. The first kappa shape index (κ1) is 14.1. The summed E-state index contributed by atoms with van der Waals surface area (Å²) in [7, 11) is 0. The standard InChI is InChI=1S/C16H15N3O3/c1-8-6-14(17-10(3)20)9(2)15-12-7-11(19(21)22)4-5-13(12)18-16(8)15/h4-7,18H,1-3H3,(H,17,20). The van der Waals surface area contributed by atoms with Crippen LogP contribution in [0.5, 0.6) is 0 Å². The second-order valence-corrected chi connectivity index (χ2v) is 5.41. The van der Waals surface area contributed by atoms with Gasteiger partial charge in [-0.2, -0.15) is 0 Å². The van der Waals surface area contributed by atoms with E-state index in [0.29, 0.717) is 0 Å². The van der Waals surface area contributed by atoms with E-state index in [1.165, 1.54) is 13.0 Å². The van der Waals surface area contributed by atoms with Crippen molar-refractivity contribution in [3.8, 4) is 0 Å². The van der Waals surface area contributed by atoms with Crippen LogP contribution in [0.15, 0.2) is 24.3 Å². The van der Waals surface area contributed by atoms with E-state index in [2.05, 4.69) is 10.3 Å². The van der Waals surface area contributed by atoms with Crippen molar-refractivity contribution in [1.82, 2.24) is 4.98 Å². The van der Waals surface area contributed by atoms with E-state index in [1.807, 2.05) is 19.9 Å². The van der Waals surface area contributed by atoms with Crippen LogP contribution in [0.3, 0.4) is 0 Å². The fourth-order valence-corrected chi connectivity index (χ4v) is 2.83. The number of nitro groups is 1. The third-order valence-corrected chi connectivity index (χ3v) is 3.84. The number of hydrogen-bond donors (Lipinski definition) is 2. The number of non-ortho nitro benzene ring substituents is 1. The predicted octanol–water partition coefficient (Wildman–Crippen LogP) is 3.80. The van der Waals surface area contributed by atoms with Gasteiger partial charge in [0.05, 0.1) is 4.92 Å². The van der Waals surface area contributed by atoms with Crippen LogP contribution in [-0.2, 0) is 4.79 Å². The van der Waals surface area contributed by atoms with Crippen molar-refractivity contribution < 1.29 is 9.72 Å². The fraction of sp³-hybridized carbons (Fsp3) is 0.188. The number of aromatic amines is 1. The largest absolute Gasteiger partial charge is 0.354 e. The van der Waals surface area contributed by atoms with E-state index in [-0.39, 0.29) is 11.6 Å². The lowest BCUT2D eigenvalue weighted by Gasteiger charge is -2.10. The monoisotopic (exact) mass is 297 g/mol. The molecule has 0 spiro atoms. The third-order valence-electron chi connectivity index (χ3n) is 3.84. The Balaban J connectivity index is 2.40. The van der Waals surface area contributed by atoms with E-state index in [0.717, 1.165) is 38.6 Å². The molecule has 0 atom stereocenters. The number of amides is 1. The first-order chi connectivity index (χ1) is 10.4. The maximum atomic E-state index is 11.3. The number of fused-ring (bicyclic) bond motifs is 3. The average Bonchev–Trinajstić information content (AvgIpc) is 2.83. The molecule has 1 heterocycles. The Labute approximate surface area is 126 Å². The van der Waals surface area contributed by atoms with Crippen LogP contribution in [-0.4, -0.2) is 15.8 Å². The number of carbonyl (C=O) groups excluding carboxylic acids is 1. The molecule has 2 N–H and O–H groups in total. The first-order valence-corrected chi connectivity index (χ1v) is 6.86. The first-order valence-electron chi connectivity index (χ1n) is 6.86. The number of aryl methyl sites for hydroxylation is 2. The highest BCUT2D eigenvalue weighted by Crippen LogP contribution is 2.36. The number of rotatable bonds is 2. The highest BCUT2D eigenvalue weighted by Gasteiger charge is 2.16. The molecule has 0 fully saturated rings. The smallest absolute Gasteiger partial charge is 0.270 e. The summed E-state index contributed by atoms with van der Waals surface area (Å²) in [6.07, 6.45) is 0. The van der Waals surface area contributed by atoms with Crippen LogP contribution in [0.25, 0.3) is 21.8 Å². The van der Waals surface area contributed by atoms with Crippen molar-refractivity contribution >= 4 is 39.1 Å². The van der Waals surface area contributed by atoms with Gasteiger partial charge in [-0.15, -0.1) is 0 Å². The fourth-order valence-electron chi connectivity index (χ4n) is 2.83. The molecule has 0 aliphatic heterocycles. The van der Waals surface area contributed by atoms with E-state index >= 15 is 0 Å². The lowest BCUT2D eigenvalue weighted by atomic mass is 10.0. The molecule has 0 aliphatic carbocycles.